The fourth-order valence-electron chi connectivity index (χ4n) is 3.11. The smallest absolute Gasteiger partial charge is 0.320 e. The van der Waals surface area contributed by atoms with Gasteiger partial charge in [0.15, 0.2) is 17.7 Å². The van der Waals surface area contributed by atoms with Crippen LogP contribution in [0.1, 0.15) is 26.5 Å². The van der Waals surface area contributed by atoms with E-state index in [1.165, 1.54) is 6.33 Å². The summed E-state index contributed by atoms with van der Waals surface area (Å²) in [6.07, 6.45) is 2.39. The summed E-state index contributed by atoms with van der Waals surface area (Å²) in [5, 5.41) is 22.1. The van der Waals surface area contributed by atoms with E-state index in [4.69, 9.17) is 10.5 Å². The summed E-state index contributed by atoms with van der Waals surface area (Å²) in [5.41, 5.74) is 6.77. The molecule has 3 heterocycles. The average molecular weight is 350 g/mol. The highest BCUT2D eigenvalue weighted by molar-refractivity contribution is 5.81. The normalized spacial score (nSPS) is 24.9. The first-order valence-corrected chi connectivity index (χ1v) is 8.10. The molecule has 3 unspecified atom stereocenters. The standard InChI is InChI=1S/C15H22N6O4/c1-7(2)10(15(23)24)20-9-3-8(4-22)25-14(9)21-6-19-11-12(16)17-5-18-13(11)21/h5-10,14,20,22H,3-4H2,1-2H3,(H,23,24)(H2,16,17,18)/t8?,9?,10-,14?/m0/s1. The Bertz CT molecular complexity index is 764. The van der Waals surface area contributed by atoms with E-state index < -0.39 is 24.3 Å². The van der Waals surface area contributed by atoms with Crippen LogP contribution in [0, 0.1) is 5.92 Å². The third-order valence-corrected chi connectivity index (χ3v) is 4.38. The second-order valence-electron chi connectivity index (χ2n) is 6.48. The first-order valence-electron chi connectivity index (χ1n) is 8.10. The van der Waals surface area contributed by atoms with Crippen LogP contribution in [0.3, 0.4) is 0 Å². The van der Waals surface area contributed by atoms with Crippen molar-refractivity contribution in [2.45, 2.75) is 44.7 Å². The van der Waals surface area contributed by atoms with Crippen molar-refractivity contribution >= 4 is 23.0 Å². The number of nitrogens with zero attached hydrogens (tertiary/aromatic N) is 4. The zero-order valence-corrected chi connectivity index (χ0v) is 14.0. The number of carbonyl (C=O) groups is 1. The topological polar surface area (TPSA) is 148 Å². The number of ether oxygens (including phenoxy) is 1. The van der Waals surface area contributed by atoms with Crippen LogP contribution in [-0.2, 0) is 9.53 Å². The van der Waals surface area contributed by atoms with Crippen molar-refractivity contribution in [2.24, 2.45) is 5.92 Å². The summed E-state index contributed by atoms with van der Waals surface area (Å²) < 4.78 is 7.59. The molecule has 0 amide bonds. The third kappa shape index (κ3) is 3.28. The number of aliphatic carboxylic acids is 1. The molecule has 0 aromatic carbocycles. The van der Waals surface area contributed by atoms with Gasteiger partial charge in [-0.25, -0.2) is 15.0 Å². The fourth-order valence-corrected chi connectivity index (χ4v) is 3.11. The Balaban J connectivity index is 1.93. The summed E-state index contributed by atoms with van der Waals surface area (Å²) in [5.74, 6) is -0.775. The Morgan fingerprint density at radius 1 is 1.48 bits per heavy atom. The maximum Gasteiger partial charge on any atom is 0.320 e. The van der Waals surface area contributed by atoms with E-state index in [-0.39, 0.29) is 24.4 Å². The fraction of sp³-hybridized carbons (Fsp3) is 0.600. The molecular formula is C15H22N6O4. The van der Waals surface area contributed by atoms with Gasteiger partial charge >= 0.3 is 5.97 Å². The number of hydrogen-bond acceptors (Lipinski definition) is 8. The van der Waals surface area contributed by atoms with Gasteiger partial charge in [-0.1, -0.05) is 13.8 Å². The van der Waals surface area contributed by atoms with Gasteiger partial charge in [0.25, 0.3) is 0 Å². The van der Waals surface area contributed by atoms with Crippen molar-refractivity contribution in [3.63, 3.8) is 0 Å². The second kappa shape index (κ2) is 6.90. The highest BCUT2D eigenvalue weighted by atomic mass is 16.5. The number of rotatable bonds is 6. The number of carboxylic acids is 1. The van der Waals surface area contributed by atoms with Crippen molar-refractivity contribution in [1.82, 2.24) is 24.8 Å². The van der Waals surface area contributed by atoms with Crippen LogP contribution in [0.5, 0.6) is 0 Å². The van der Waals surface area contributed by atoms with E-state index in [0.717, 1.165) is 0 Å². The highest BCUT2D eigenvalue weighted by Gasteiger charge is 2.39. The van der Waals surface area contributed by atoms with E-state index in [1.807, 2.05) is 13.8 Å². The Morgan fingerprint density at radius 3 is 2.88 bits per heavy atom. The number of nitrogens with two attached hydrogens (primary N) is 1. The lowest BCUT2D eigenvalue weighted by Gasteiger charge is -2.26. The van der Waals surface area contributed by atoms with E-state index in [2.05, 4.69) is 20.3 Å². The maximum absolute atomic E-state index is 11.5. The van der Waals surface area contributed by atoms with Gasteiger partial charge in [0.1, 0.15) is 17.9 Å². The molecule has 4 atom stereocenters. The summed E-state index contributed by atoms with van der Waals surface area (Å²) >= 11 is 0. The van der Waals surface area contributed by atoms with Crippen LogP contribution in [0.4, 0.5) is 5.82 Å². The predicted octanol–water partition coefficient (Wildman–Crippen LogP) is -0.244. The molecule has 0 aliphatic carbocycles. The van der Waals surface area contributed by atoms with Gasteiger partial charge < -0.3 is 20.7 Å². The number of aliphatic hydroxyl groups is 1. The number of nitrogens with one attached hydrogen (secondary N) is 1. The lowest BCUT2D eigenvalue weighted by atomic mass is 10.0. The van der Waals surface area contributed by atoms with Crippen molar-refractivity contribution < 1.29 is 19.7 Å². The van der Waals surface area contributed by atoms with E-state index in [0.29, 0.717) is 17.6 Å². The number of anilines is 1. The largest absolute Gasteiger partial charge is 0.480 e. The molecule has 0 radical (unpaired) electrons. The Labute approximate surface area is 144 Å². The Kier molecular flexibility index (Phi) is 4.84. The zero-order valence-electron chi connectivity index (χ0n) is 14.0. The van der Waals surface area contributed by atoms with Crippen LogP contribution in [0.25, 0.3) is 11.2 Å². The monoisotopic (exact) mass is 350 g/mol. The average Bonchev–Trinajstić information content (AvgIpc) is 3.16. The zero-order chi connectivity index (χ0) is 18.1. The quantitative estimate of drug-likeness (QED) is 0.553. The molecule has 2 aromatic rings. The molecule has 10 heteroatoms. The van der Waals surface area contributed by atoms with Gasteiger partial charge in [0, 0.05) is 0 Å². The van der Waals surface area contributed by atoms with E-state index >= 15 is 0 Å². The molecule has 1 fully saturated rings. The summed E-state index contributed by atoms with van der Waals surface area (Å²) in [6.45, 7) is 3.51. The summed E-state index contributed by atoms with van der Waals surface area (Å²) in [7, 11) is 0. The number of hydrogen-bond donors (Lipinski definition) is 4. The van der Waals surface area contributed by atoms with Crippen molar-refractivity contribution in [3.05, 3.63) is 12.7 Å². The summed E-state index contributed by atoms with van der Waals surface area (Å²) in [6, 6.07) is -1.06. The molecule has 1 aliphatic heterocycles. The molecule has 3 rings (SSSR count). The minimum absolute atomic E-state index is 0.108. The molecule has 25 heavy (non-hydrogen) atoms. The van der Waals surface area contributed by atoms with E-state index in [1.54, 1.807) is 10.9 Å². The van der Waals surface area contributed by atoms with Gasteiger partial charge in [-0.15, -0.1) is 0 Å². The summed E-state index contributed by atoms with van der Waals surface area (Å²) in [4.78, 5) is 23.9. The third-order valence-electron chi connectivity index (χ3n) is 4.38. The Morgan fingerprint density at radius 2 is 2.24 bits per heavy atom. The van der Waals surface area contributed by atoms with Gasteiger partial charge in [-0.05, 0) is 12.3 Å². The van der Waals surface area contributed by atoms with Gasteiger partial charge in [0.2, 0.25) is 0 Å². The van der Waals surface area contributed by atoms with Crippen molar-refractivity contribution in [3.8, 4) is 0 Å². The number of fused-ring (bicyclic) bond motifs is 1. The molecular weight excluding hydrogens is 328 g/mol. The first kappa shape index (κ1) is 17.5. The number of aromatic nitrogens is 4. The number of nitrogen functional groups attached to an aromatic ring is 1. The lowest BCUT2D eigenvalue weighted by molar-refractivity contribution is -0.141. The molecule has 0 saturated carbocycles. The van der Waals surface area contributed by atoms with E-state index in [9.17, 15) is 15.0 Å². The van der Waals surface area contributed by atoms with Crippen LogP contribution in [0.2, 0.25) is 0 Å². The molecule has 2 aromatic heterocycles. The molecule has 1 saturated heterocycles. The number of carboxylic acid groups (broad SMARTS) is 1. The minimum atomic E-state index is -0.928. The van der Waals surface area contributed by atoms with Crippen LogP contribution in [0.15, 0.2) is 12.7 Å². The molecule has 136 valence electrons. The van der Waals surface area contributed by atoms with Crippen molar-refractivity contribution in [1.29, 1.82) is 0 Å². The Hall–Kier alpha value is -2.30. The SMILES string of the molecule is CC(C)[C@H](NC1CC(CO)OC1n1cnc2c(N)ncnc21)C(=O)O. The van der Waals surface area contributed by atoms with Crippen LogP contribution >= 0.6 is 0 Å². The lowest BCUT2D eigenvalue weighted by Crippen LogP contribution is -2.48. The number of imidazole rings is 1. The minimum Gasteiger partial charge on any atom is -0.480 e. The predicted molar refractivity (Wildman–Crippen MR) is 88.5 cm³/mol. The van der Waals surface area contributed by atoms with Gasteiger partial charge in [-0.3, -0.25) is 14.7 Å². The van der Waals surface area contributed by atoms with Crippen LogP contribution in [-0.4, -0.2) is 60.5 Å². The molecule has 10 nitrogen and oxygen atoms in total. The number of aliphatic hydroxyl groups excluding tert-OH is 1. The first-order chi connectivity index (χ1) is 11.9. The van der Waals surface area contributed by atoms with Gasteiger partial charge in [0.05, 0.1) is 25.1 Å². The van der Waals surface area contributed by atoms with Gasteiger partial charge in [-0.2, -0.15) is 0 Å². The van der Waals surface area contributed by atoms with Crippen molar-refractivity contribution in [2.75, 3.05) is 12.3 Å². The van der Waals surface area contributed by atoms with Crippen LogP contribution < -0.4 is 11.1 Å². The maximum atomic E-state index is 11.5. The molecule has 5 N–H and O–H groups in total. The second-order valence-corrected chi connectivity index (χ2v) is 6.48. The molecule has 0 spiro atoms. The molecule has 1 aliphatic rings. The molecule has 0 bridgehead atoms. The highest BCUT2D eigenvalue weighted by Crippen LogP contribution is 2.32.